The first-order valence-electron chi connectivity index (χ1n) is 10.2. The van der Waals surface area contributed by atoms with Gasteiger partial charge in [-0.25, -0.2) is 4.98 Å². The van der Waals surface area contributed by atoms with Crippen molar-refractivity contribution in [3.05, 3.63) is 70.9 Å². The molecule has 1 aliphatic rings. The third-order valence-corrected chi connectivity index (χ3v) is 6.31. The van der Waals surface area contributed by atoms with E-state index in [1.54, 1.807) is 0 Å². The summed E-state index contributed by atoms with van der Waals surface area (Å²) in [5.74, 6) is 0.615. The van der Waals surface area contributed by atoms with Crippen LogP contribution >= 0.6 is 11.3 Å². The second kappa shape index (κ2) is 8.37. The van der Waals surface area contributed by atoms with Crippen molar-refractivity contribution in [2.45, 2.75) is 33.1 Å². The van der Waals surface area contributed by atoms with E-state index in [0.29, 0.717) is 23.3 Å². The van der Waals surface area contributed by atoms with Gasteiger partial charge in [0.2, 0.25) is 0 Å². The first-order chi connectivity index (χ1) is 14.0. The van der Waals surface area contributed by atoms with Crippen LogP contribution in [0.2, 0.25) is 0 Å². The Labute approximate surface area is 176 Å². The zero-order valence-electron chi connectivity index (χ0n) is 17.0. The maximum Gasteiger partial charge on any atom is 0.274 e. The van der Waals surface area contributed by atoms with Crippen LogP contribution in [0.5, 0.6) is 0 Å². The minimum atomic E-state index is -0.00605. The van der Waals surface area contributed by atoms with Crippen molar-refractivity contribution in [1.29, 1.82) is 0 Å². The van der Waals surface area contributed by atoms with E-state index in [2.05, 4.69) is 55.2 Å². The number of hydrogen-bond donors (Lipinski definition) is 1. The van der Waals surface area contributed by atoms with Gasteiger partial charge in [-0.2, -0.15) is 0 Å². The molecule has 2 N–H and O–H groups in total. The number of carbonyl (C=O) groups excluding carboxylic acids is 1. The van der Waals surface area contributed by atoms with Crippen LogP contribution in [-0.2, 0) is 6.42 Å². The van der Waals surface area contributed by atoms with Gasteiger partial charge in [-0.15, -0.1) is 0 Å². The fourth-order valence-corrected chi connectivity index (χ4v) is 4.34. The molecule has 1 fully saturated rings. The highest BCUT2D eigenvalue weighted by Gasteiger charge is 2.30. The highest BCUT2D eigenvalue weighted by atomic mass is 32.1. The predicted octanol–water partition coefficient (Wildman–Crippen LogP) is 5.10. The molecule has 1 amide bonds. The van der Waals surface area contributed by atoms with Gasteiger partial charge in [0.1, 0.15) is 5.69 Å². The summed E-state index contributed by atoms with van der Waals surface area (Å²) in [5, 5.41) is 0.440. The van der Waals surface area contributed by atoms with E-state index < -0.39 is 0 Å². The van der Waals surface area contributed by atoms with E-state index >= 15 is 0 Å². The summed E-state index contributed by atoms with van der Waals surface area (Å²) in [5.41, 5.74) is 11.2. The monoisotopic (exact) mass is 405 g/mol. The molecule has 1 aromatic heterocycles. The summed E-state index contributed by atoms with van der Waals surface area (Å²) in [6.07, 6.45) is 3.26. The quantitative estimate of drug-likeness (QED) is 0.595. The number of rotatable bonds is 7. The summed E-state index contributed by atoms with van der Waals surface area (Å²) in [6.45, 7) is 5.64. The Morgan fingerprint density at radius 1 is 1.14 bits per heavy atom. The lowest BCUT2D eigenvalue weighted by atomic mass is 10.1. The molecule has 2 aromatic carbocycles. The largest absolute Gasteiger partial charge is 0.375 e. The van der Waals surface area contributed by atoms with Crippen molar-refractivity contribution < 1.29 is 4.79 Å². The Balaban J connectivity index is 1.58. The molecule has 1 saturated carbocycles. The van der Waals surface area contributed by atoms with Crippen LogP contribution < -0.4 is 5.73 Å². The van der Waals surface area contributed by atoms with Gasteiger partial charge >= 0.3 is 0 Å². The molecular formula is C24H27N3OS. The number of thiazole rings is 1. The average molecular weight is 406 g/mol. The van der Waals surface area contributed by atoms with Crippen LogP contribution in [0.1, 0.15) is 40.0 Å². The van der Waals surface area contributed by atoms with Crippen molar-refractivity contribution >= 4 is 22.4 Å². The third-order valence-electron chi connectivity index (χ3n) is 5.38. The van der Waals surface area contributed by atoms with Gasteiger partial charge in [0.25, 0.3) is 5.91 Å². The normalized spacial score (nSPS) is 13.4. The fourth-order valence-electron chi connectivity index (χ4n) is 3.52. The second-order valence-corrected chi connectivity index (χ2v) is 9.06. The number of nitrogens with two attached hydrogens (primary N) is 1. The first kappa shape index (κ1) is 19.6. The Morgan fingerprint density at radius 2 is 1.90 bits per heavy atom. The fraction of sp³-hybridized carbons (Fsp3) is 0.333. The topological polar surface area (TPSA) is 59.2 Å². The lowest BCUT2D eigenvalue weighted by Gasteiger charge is -2.22. The van der Waals surface area contributed by atoms with Crippen LogP contribution in [0, 0.1) is 19.8 Å². The first-order valence-corrected chi connectivity index (χ1v) is 11.0. The number of nitrogens with zero attached hydrogens (tertiary/aromatic N) is 2. The summed E-state index contributed by atoms with van der Waals surface area (Å²) < 4.78 is 0. The number of benzene rings is 2. The maximum atomic E-state index is 13.5. The molecule has 0 atom stereocenters. The Hall–Kier alpha value is -2.66. The van der Waals surface area contributed by atoms with Crippen LogP contribution in [0.3, 0.4) is 0 Å². The zero-order chi connectivity index (χ0) is 20.4. The number of anilines is 1. The van der Waals surface area contributed by atoms with E-state index in [1.165, 1.54) is 35.3 Å². The van der Waals surface area contributed by atoms with Gasteiger partial charge in [-0.05, 0) is 50.2 Å². The highest BCUT2D eigenvalue weighted by Crippen LogP contribution is 2.34. The molecule has 0 aliphatic heterocycles. The lowest BCUT2D eigenvalue weighted by Crippen LogP contribution is -2.35. The molecule has 0 radical (unpaired) electrons. The molecule has 0 spiro atoms. The van der Waals surface area contributed by atoms with Crippen LogP contribution in [0.25, 0.3) is 10.4 Å². The molecule has 4 rings (SSSR count). The van der Waals surface area contributed by atoms with Gasteiger partial charge in [0.15, 0.2) is 5.13 Å². The molecular weight excluding hydrogens is 378 g/mol. The van der Waals surface area contributed by atoms with Gasteiger partial charge in [-0.3, -0.25) is 4.79 Å². The smallest absolute Gasteiger partial charge is 0.274 e. The van der Waals surface area contributed by atoms with Crippen molar-refractivity contribution in [2.24, 2.45) is 5.92 Å². The summed E-state index contributed by atoms with van der Waals surface area (Å²) in [4.78, 5) is 20.8. The Morgan fingerprint density at radius 3 is 2.59 bits per heavy atom. The van der Waals surface area contributed by atoms with Crippen LogP contribution in [-0.4, -0.2) is 28.9 Å². The van der Waals surface area contributed by atoms with Crippen molar-refractivity contribution in [1.82, 2.24) is 9.88 Å². The van der Waals surface area contributed by atoms with Gasteiger partial charge in [0.05, 0.1) is 4.88 Å². The molecule has 0 saturated heterocycles. The average Bonchev–Trinajstić information content (AvgIpc) is 3.44. The summed E-state index contributed by atoms with van der Waals surface area (Å²) in [6, 6.07) is 16.7. The predicted molar refractivity (Wildman–Crippen MR) is 120 cm³/mol. The van der Waals surface area contributed by atoms with E-state index in [1.807, 2.05) is 17.0 Å². The molecule has 4 nitrogen and oxygen atoms in total. The Kier molecular flexibility index (Phi) is 5.67. The van der Waals surface area contributed by atoms with Crippen molar-refractivity contribution in [3.63, 3.8) is 0 Å². The standard InChI is InChI=1S/C24H27N3OS/c1-16-6-8-18(9-7-16)12-13-27(15-19-10-11-19)23(28)21-22(29-24(25)26-21)20-5-3-4-17(2)14-20/h3-9,14,19H,10-13,15H2,1-2H3,(H2,25,26). The molecule has 5 heteroatoms. The van der Waals surface area contributed by atoms with E-state index in [4.69, 9.17) is 5.73 Å². The van der Waals surface area contributed by atoms with Crippen LogP contribution in [0.4, 0.5) is 5.13 Å². The van der Waals surface area contributed by atoms with Gasteiger partial charge in [-0.1, -0.05) is 71.0 Å². The molecule has 29 heavy (non-hydrogen) atoms. The lowest BCUT2D eigenvalue weighted by molar-refractivity contribution is 0.0745. The molecule has 3 aromatic rings. The maximum absolute atomic E-state index is 13.5. The van der Waals surface area contributed by atoms with Crippen LogP contribution in [0.15, 0.2) is 48.5 Å². The highest BCUT2D eigenvalue weighted by molar-refractivity contribution is 7.19. The number of amides is 1. The Bertz CT molecular complexity index is 1010. The molecule has 1 heterocycles. The molecule has 0 unspecified atom stereocenters. The summed E-state index contributed by atoms with van der Waals surface area (Å²) >= 11 is 1.39. The number of carbonyl (C=O) groups is 1. The van der Waals surface area contributed by atoms with E-state index in [9.17, 15) is 4.79 Å². The number of aromatic nitrogens is 1. The third kappa shape index (κ3) is 4.85. The van der Waals surface area contributed by atoms with E-state index in [0.717, 1.165) is 29.0 Å². The van der Waals surface area contributed by atoms with Crippen molar-refractivity contribution in [2.75, 3.05) is 18.8 Å². The zero-order valence-corrected chi connectivity index (χ0v) is 17.8. The number of nitrogen functional groups attached to an aromatic ring is 1. The minimum Gasteiger partial charge on any atom is -0.375 e. The summed E-state index contributed by atoms with van der Waals surface area (Å²) in [7, 11) is 0. The number of hydrogen-bond acceptors (Lipinski definition) is 4. The van der Waals surface area contributed by atoms with E-state index in [-0.39, 0.29) is 5.91 Å². The molecule has 150 valence electrons. The SMILES string of the molecule is Cc1ccc(CCN(CC2CC2)C(=O)c2nc(N)sc2-c2cccc(C)c2)cc1. The second-order valence-electron chi connectivity index (χ2n) is 8.03. The van der Waals surface area contributed by atoms with Crippen molar-refractivity contribution in [3.8, 4) is 10.4 Å². The molecule has 1 aliphatic carbocycles. The number of aryl methyl sites for hydroxylation is 2. The minimum absolute atomic E-state index is 0.00605. The van der Waals surface area contributed by atoms with Gasteiger partial charge in [0, 0.05) is 13.1 Å². The molecule has 0 bridgehead atoms. The van der Waals surface area contributed by atoms with Gasteiger partial charge < -0.3 is 10.6 Å².